The average Bonchev–Trinajstić information content (AvgIpc) is 2.48. The van der Waals surface area contributed by atoms with Crippen LogP contribution in [0.25, 0.3) is 0 Å². The number of benzene rings is 2. The zero-order valence-electron chi connectivity index (χ0n) is 11.6. The van der Waals surface area contributed by atoms with E-state index in [1.165, 1.54) is 0 Å². The van der Waals surface area contributed by atoms with Crippen molar-refractivity contribution in [1.82, 2.24) is 0 Å². The summed E-state index contributed by atoms with van der Waals surface area (Å²) in [4.78, 5) is 12.7. The van der Waals surface area contributed by atoms with Gasteiger partial charge in [0.25, 0.3) is 0 Å². The standard InChI is InChI=1S/C16H15BrO3/c1-10-4-5-11(17)8-13(10)16(18)14-9-12(19-2)6-7-15(14)20-3/h4-9H,1-3H3. The molecule has 0 unspecified atom stereocenters. The smallest absolute Gasteiger partial charge is 0.197 e. The third-order valence-electron chi connectivity index (χ3n) is 3.10. The van der Waals surface area contributed by atoms with Crippen LogP contribution in [-0.2, 0) is 0 Å². The minimum Gasteiger partial charge on any atom is -0.497 e. The van der Waals surface area contributed by atoms with Crippen molar-refractivity contribution >= 4 is 21.7 Å². The van der Waals surface area contributed by atoms with Crippen LogP contribution in [0.4, 0.5) is 0 Å². The molecule has 0 bridgehead atoms. The first-order valence-electron chi connectivity index (χ1n) is 6.09. The van der Waals surface area contributed by atoms with Gasteiger partial charge < -0.3 is 9.47 Å². The Balaban J connectivity index is 2.54. The van der Waals surface area contributed by atoms with E-state index in [4.69, 9.17) is 9.47 Å². The fourth-order valence-electron chi connectivity index (χ4n) is 1.98. The minimum absolute atomic E-state index is 0.0837. The van der Waals surface area contributed by atoms with Crippen molar-refractivity contribution in [2.45, 2.75) is 6.92 Å². The van der Waals surface area contributed by atoms with E-state index in [-0.39, 0.29) is 5.78 Å². The summed E-state index contributed by atoms with van der Waals surface area (Å²) in [6, 6.07) is 10.8. The second-order valence-electron chi connectivity index (χ2n) is 4.35. The number of ketones is 1. The fraction of sp³-hybridized carbons (Fsp3) is 0.188. The number of hydrogen-bond donors (Lipinski definition) is 0. The third kappa shape index (κ3) is 2.85. The molecule has 2 aromatic rings. The molecule has 2 rings (SSSR count). The molecule has 3 nitrogen and oxygen atoms in total. The molecule has 0 amide bonds. The molecular formula is C16H15BrO3. The first-order chi connectivity index (χ1) is 9.56. The maximum absolute atomic E-state index is 12.7. The van der Waals surface area contributed by atoms with Crippen LogP contribution in [0.2, 0.25) is 0 Å². The number of ether oxygens (including phenoxy) is 2. The normalized spacial score (nSPS) is 10.2. The van der Waals surface area contributed by atoms with Crippen LogP contribution >= 0.6 is 15.9 Å². The molecule has 20 heavy (non-hydrogen) atoms. The van der Waals surface area contributed by atoms with Gasteiger partial charge in [-0.3, -0.25) is 4.79 Å². The number of carbonyl (C=O) groups is 1. The topological polar surface area (TPSA) is 35.5 Å². The molecule has 0 spiro atoms. The summed E-state index contributed by atoms with van der Waals surface area (Å²) in [5.74, 6) is 1.08. The lowest BCUT2D eigenvalue weighted by molar-refractivity contribution is 0.103. The highest BCUT2D eigenvalue weighted by Crippen LogP contribution is 2.28. The van der Waals surface area contributed by atoms with Crippen molar-refractivity contribution in [1.29, 1.82) is 0 Å². The highest BCUT2D eigenvalue weighted by Gasteiger charge is 2.17. The van der Waals surface area contributed by atoms with E-state index in [0.29, 0.717) is 22.6 Å². The Kier molecular flexibility index (Phi) is 4.45. The Hall–Kier alpha value is -1.81. The first-order valence-corrected chi connectivity index (χ1v) is 6.89. The van der Waals surface area contributed by atoms with Gasteiger partial charge in [-0.2, -0.15) is 0 Å². The highest BCUT2D eigenvalue weighted by molar-refractivity contribution is 9.10. The first kappa shape index (κ1) is 14.6. The van der Waals surface area contributed by atoms with Crippen molar-refractivity contribution in [2.24, 2.45) is 0 Å². The van der Waals surface area contributed by atoms with Gasteiger partial charge in [0.15, 0.2) is 5.78 Å². The number of rotatable bonds is 4. The lowest BCUT2D eigenvalue weighted by atomic mass is 9.98. The zero-order valence-corrected chi connectivity index (χ0v) is 13.2. The zero-order chi connectivity index (χ0) is 14.7. The predicted molar refractivity (Wildman–Crippen MR) is 81.9 cm³/mol. The molecule has 0 aliphatic rings. The monoisotopic (exact) mass is 334 g/mol. The largest absolute Gasteiger partial charge is 0.497 e. The van der Waals surface area contributed by atoms with E-state index in [1.807, 2.05) is 25.1 Å². The van der Waals surface area contributed by atoms with Crippen LogP contribution < -0.4 is 9.47 Å². The SMILES string of the molecule is COc1ccc(OC)c(C(=O)c2cc(Br)ccc2C)c1. The number of methoxy groups -OCH3 is 2. The number of carbonyl (C=O) groups excluding carboxylic acids is 1. The molecule has 0 N–H and O–H groups in total. The summed E-state index contributed by atoms with van der Waals surface area (Å²) < 4.78 is 11.3. The van der Waals surface area contributed by atoms with E-state index in [0.717, 1.165) is 10.0 Å². The molecule has 104 valence electrons. The Bertz CT molecular complexity index is 650. The van der Waals surface area contributed by atoms with Gasteiger partial charge in [-0.05, 0) is 42.8 Å². The van der Waals surface area contributed by atoms with E-state index in [9.17, 15) is 4.79 Å². The second kappa shape index (κ2) is 6.09. The molecule has 0 saturated heterocycles. The number of aryl methyl sites for hydroxylation is 1. The van der Waals surface area contributed by atoms with Gasteiger partial charge in [0.1, 0.15) is 11.5 Å². The van der Waals surface area contributed by atoms with Crippen LogP contribution in [0, 0.1) is 6.92 Å². The van der Waals surface area contributed by atoms with Crippen LogP contribution in [0.5, 0.6) is 11.5 Å². The van der Waals surface area contributed by atoms with E-state index >= 15 is 0 Å². The molecule has 2 aromatic carbocycles. The van der Waals surface area contributed by atoms with Gasteiger partial charge in [-0.25, -0.2) is 0 Å². The molecule has 0 atom stereocenters. The van der Waals surface area contributed by atoms with Gasteiger partial charge in [0.2, 0.25) is 0 Å². The van der Waals surface area contributed by atoms with Crippen LogP contribution in [0.1, 0.15) is 21.5 Å². The van der Waals surface area contributed by atoms with E-state index < -0.39 is 0 Å². The van der Waals surface area contributed by atoms with E-state index in [1.54, 1.807) is 32.4 Å². The number of hydrogen-bond acceptors (Lipinski definition) is 3. The molecule has 0 aliphatic heterocycles. The molecule has 0 radical (unpaired) electrons. The highest BCUT2D eigenvalue weighted by atomic mass is 79.9. The van der Waals surface area contributed by atoms with Gasteiger partial charge in [0.05, 0.1) is 19.8 Å². The summed E-state index contributed by atoms with van der Waals surface area (Å²) in [5.41, 5.74) is 2.06. The molecule has 0 aromatic heterocycles. The van der Waals surface area contributed by atoms with Gasteiger partial charge in [-0.1, -0.05) is 22.0 Å². The number of halogens is 1. The van der Waals surface area contributed by atoms with Crippen LogP contribution in [-0.4, -0.2) is 20.0 Å². The van der Waals surface area contributed by atoms with E-state index in [2.05, 4.69) is 15.9 Å². The molecule has 4 heteroatoms. The summed E-state index contributed by atoms with van der Waals surface area (Å²) in [5, 5.41) is 0. The lowest BCUT2D eigenvalue weighted by Crippen LogP contribution is -2.06. The van der Waals surface area contributed by atoms with Gasteiger partial charge in [0, 0.05) is 10.0 Å². The summed E-state index contributed by atoms with van der Waals surface area (Å²) in [6.07, 6.45) is 0. The van der Waals surface area contributed by atoms with Crippen LogP contribution in [0.15, 0.2) is 40.9 Å². The Morgan fingerprint density at radius 3 is 2.40 bits per heavy atom. The molecule has 0 fully saturated rings. The Morgan fingerprint density at radius 1 is 1.00 bits per heavy atom. The maximum atomic E-state index is 12.7. The van der Waals surface area contributed by atoms with Crippen molar-refractivity contribution in [3.63, 3.8) is 0 Å². The van der Waals surface area contributed by atoms with Crippen LogP contribution in [0.3, 0.4) is 0 Å². The van der Waals surface area contributed by atoms with Crippen molar-refractivity contribution in [3.05, 3.63) is 57.6 Å². The quantitative estimate of drug-likeness (QED) is 0.792. The third-order valence-corrected chi connectivity index (χ3v) is 3.59. The minimum atomic E-state index is -0.0837. The molecule has 0 aliphatic carbocycles. The predicted octanol–water partition coefficient (Wildman–Crippen LogP) is 4.01. The Morgan fingerprint density at radius 2 is 1.75 bits per heavy atom. The fourth-order valence-corrected chi connectivity index (χ4v) is 2.34. The molecule has 0 heterocycles. The maximum Gasteiger partial charge on any atom is 0.197 e. The van der Waals surface area contributed by atoms with Gasteiger partial charge in [-0.15, -0.1) is 0 Å². The van der Waals surface area contributed by atoms with Gasteiger partial charge >= 0.3 is 0 Å². The summed E-state index contributed by atoms with van der Waals surface area (Å²) in [6.45, 7) is 1.91. The molecular weight excluding hydrogens is 320 g/mol. The average molecular weight is 335 g/mol. The summed E-state index contributed by atoms with van der Waals surface area (Å²) >= 11 is 3.39. The summed E-state index contributed by atoms with van der Waals surface area (Å²) in [7, 11) is 3.12. The Labute approximate surface area is 126 Å². The van der Waals surface area contributed by atoms with Crippen molar-refractivity contribution < 1.29 is 14.3 Å². The van der Waals surface area contributed by atoms with Crippen molar-refractivity contribution in [3.8, 4) is 11.5 Å². The molecule has 0 saturated carbocycles. The second-order valence-corrected chi connectivity index (χ2v) is 5.27. The lowest BCUT2D eigenvalue weighted by Gasteiger charge is -2.11. The van der Waals surface area contributed by atoms with Crippen molar-refractivity contribution in [2.75, 3.05) is 14.2 Å².